The fourth-order valence-electron chi connectivity index (χ4n) is 10.9. The first-order chi connectivity index (χ1) is 47.8. The lowest BCUT2D eigenvalue weighted by atomic mass is 9.96. The number of carbonyl (C=O) groups is 5. The van der Waals surface area contributed by atoms with Gasteiger partial charge in [0.15, 0.2) is 5.82 Å². The molecule has 1 aliphatic heterocycles. The third-order valence-corrected chi connectivity index (χ3v) is 18.0. The second kappa shape index (κ2) is 35.2. The van der Waals surface area contributed by atoms with Crippen molar-refractivity contribution in [1.29, 1.82) is 0 Å². The first kappa shape index (κ1) is 75.7. The number of carboxylic acids is 2. The first-order valence-corrected chi connectivity index (χ1v) is 32.8. The van der Waals surface area contributed by atoms with Crippen molar-refractivity contribution in [2.75, 3.05) is 72.0 Å². The van der Waals surface area contributed by atoms with Crippen molar-refractivity contribution in [3.05, 3.63) is 161 Å². The summed E-state index contributed by atoms with van der Waals surface area (Å²) in [6.07, 6.45) is 2.39. The number of piperazine rings is 1. The summed E-state index contributed by atoms with van der Waals surface area (Å²) in [5.41, 5.74) is 18.3. The van der Waals surface area contributed by atoms with Crippen LogP contribution >= 0.6 is 22.9 Å². The third-order valence-electron chi connectivity index (χ3n) is 16.4. The van der Waals surface area contributed by atoms with E-state index >= 15 is 0 Å². The van der Waals surface area contributed by atoms with Crippen LogP contribution in [0.15, 0.2) is 122 Å². The van der Waals surface area contributed by atoms with Gasteiger partial charge in [0.25, 0.3) is 0 Å². The van der Waals surface area contributed by atoms with E-state index in [4.69, 9.17) is 68.1 Å². The molecule has 23 nitrogen and oxygen atoms in total. The van der Waals surface area contributed by atoms with Crippen LogP contribution in [0.5, 0.6) is 23.1 Å². The molecule has 1 saturated heterocycles. The molecule has 3 aromatic heterocycles. The maximum atomic E-state index is 14.5. The van der Waals surface area contributed by atoms with Gasteiger partial charge in [-0.1, -0.05) is 86.0 Å². The van der Waals surface area contributed by atoms with Gasteiger partial charge in [0.1, 0.15) is 72.6 Å². The van der Waals surface area contributed by atoms with Crippen LogP contribution in [0.25, 0.3) is 43.2 Å². The molecular weight excluding hydrogens is 1340 g/mol. The van der Waals surface area contributed by atoms with Gasteiger partial charge in [-0.05, 0) is 108 Å². The smallest absolute Gasteiger partial charge is 0.430 e. The topological polar surface area (TPSA) is 318 Å². The number of aromatic nitrogens is 4. The number of nitrogens with two attached hydrogens (primary N) is 2. The largest absolute Gasteiger partial charge is 0.542 e. The number of nitrogens with zero attached hydrogens (tertiary/aromatic N) is 6. The maximum absolute atomic E-state index is 14.5. The van der Waals surface area contributed by atoms with Crippen LogP contribution in [0, 0.1) is 31.0 Å². The molecular formula is C71H76ClF4N11O12S. The van der Waals surface area contributed by atoms with E-state index in [-0.39, 0.29) is 51.0 Å². The minimum atomic E-state index is -5.19. The van der Waals surface area contributed by atoms with Gasteiger partial charge in [-0.15, -0.1) is 17.8 Å². The Hall–Kier alpha value is -10.0. The van der Waals surface area contributed by atoms with Gasteiger partial charge >= 0.3 is 18.2 Å². The predicted molar refractivity (Wildman–Crippen MR) is 366 cm³/mol. The van der Waals surface area contributed by atoms with Gasteiger partial charge in [-0.25, -0.2) is 33.9 Å². The molecule has 3 atom stereocenters. The second-order valence-electron chi connectivity index (χ2n) is 24.0. The van der Waals surface area contributed by atoms with Crippen LogP contribution < -0.4 is 51.5 Å². The summed E-state index contributed by atoms with van der Waals surface area (Å²) in [4.78, 5) is 82.0. The second-order valence-corrected chi connectivity index (χ2v) is 25.4. The van der Waals surface area contributed by atoms with E-state index in [0.717, 1.165) is 47.4 Å². The van der Waals surface area contributed by atoms with E-state index in [1.807, 2.05) is 75.4 Å². The molecule has 4 heterocycles. The molecule has 8 N–H and O–H groups in total. The first-order valence-electron chi connectivity index (χ1n) is 31.6. The lowest BCUT2D eigenvalue weighted by Crippen LogP contribution is -2.57. The van der Waals surface area contributed by atoms with Gasteiger partial charge < -0.3 is 70.6 Å². The number of urea groups is 1. The zero-order valence-electron chi connectivity index (χ0n) is 55.4. The lowest BCUT2D eigenvalue weighted by molar-refractivity contribution is -0.926. The summed E-state index contributed by atoms with van der Waals surface area (Å²) in [7, 11) is 3.80. The number of primary amides is 1. The van der Waals surface area contributed by atoms with Gasteiger partial charge in [-0.2, -0.15) is 13.2 Å². The third kappa shape index (κ3) is 20.5. The molecule has 1 fully saturated rings. The Balaban J connectivity index is 0.00000172. The van der Waals surface area contributed by atoms with Crippen molar-refractivity contribution in [2.45, 2.75) is 84.2 Å². The van der Waals surface area contributed by atoms with E-state index < -0.39 is 60.0 Å². The quantitative estimate of drug-likeness (QED) is 0.0106. The molecule has 528 valence electrons. The van der Waals surface area contributed by atoms with Crippen LogP contribution in [0.4, 0.5) is 28.0 Å². The number of quaternary nitrogens is 1. The number of halogens is 5. The number of ether oxygens (including phenoxy) is 5. The number of benzene rings is 5. The summed E-state index contributed by atoms with van der Waals surface area (Å²) in [6, 6.07) is 29.4. The van der Waals surface area contributed by atoms with Crippen molar-refractivity contribution < 1.29 is 79.9 Å². The SMILES string of the molecule is C#CCOCc1cc(NC(=O)[C@H](CCCNC(N)=O)NC(=O)[C@@H](N)C(C)C)ccc1C[N+]1(C)CCN(CCOc2ccc(-c3c(-c4ccc(F)cc4)sc4ncnc(O[C@H](Cc5ccccc5OCc5ccnc(-c6ccccc6OC)n5)C(=O)O)c34)c(C)c2Cl)CC1.O=C([O-])C(F)(F)F. The Morgan fingerprint density at radius 1 is 0.880 bits per heavy atom. The number of terminal acetylenes is 1. The van der Waals surface area contributed by atoms with E-state index in [0.29, 0.717) is 109 Å². The summed E-state index contributed by atoms with van der Waals surface area (Å²) in [5, 5.41) is 28.7. The molecule has 0 bridgehead atoms. The number of hydrogen-bond acceptors (Lipinski definition) is 18. The highest BCUT2D eigenvalue weighted by atomic mass is 35.5. The summed E-state index contributed by atoms with van der Waals surface area (Å²) >= 11 is 8.58. The molecule has 0 radical (unpaired) electrons. The summed E-state index contributed by atoms with van der Waals surface area (Å²) in [5.74, 6) is -1.16. The summed E-state index contributed by atoms with van der Waals surface area (Å²) in [6.45, 7) is 11.0. The number of amides is 4. The van der Waals surface area contributed by atoms with Gasteiger partial charge in [0, 0.05) is 60.5 Å². The number of aliphatic carboxylic acids is 2. The van der Waals surface area contributed by atoms with Crippen molar-refractivity contribution in [3.8, 4) is 68.4 Å². The number of thiophene rings is 1. The Bertz CT molecular complexity index is 4230. The highest BCUT2D eigenvalue weighted by Crippen LogP contribution is 2.50. The van der Waals surface area contributed by atoms with E-state index in [2.05, 4.69) is 48.8 Å². The van der Waals surface area contributed by atoms with Gasteiger partial charge in [0.2, 0.25) is 23.8 Å². The number of carboxylic acid groups (broad SMARTS) is 2. The standard InChI is InChI=1S/C69H75ClFN11O10S.C2HF3O2/c1-7-34-89-39-47-36-49(79-64(83)53(15-12-27-75-69(73)87)80-65(84)61(72)42(2)3)23-20-46(47)38-82(5)32-29-81(30-33-82)31-35-90-56-25-24-51(43(4)60(56)70)58-59-66(76-41-77-67(59)93-62(58)44-18-21-48(71)22-19-44)92-57(68(85)86)37-45-13-8-10-16-54(45)91-40-50-26-28-74-63(78-50)52-14-9-11-17-55(52)88-6;3-2(4,5)1(6)7/h1,8-11,13-14,16-26,28,36,41-42,53,57,61H,12,15,27,29-35,37-40,72H2,2-6H3,(H5-,73,75,79,80,83,84,85,86,87);(H,6,7)/t53-,57+,61-;/m0./s1. The van der Waals surface area contributed by atoms with Crippen LogP contribution in [0.1, 0.15) is 54.6 Å². The molecule has 4 amide bonds. The monoisotopic (exact) mass is 1420 g/mol. The lowest BCUT2D eigenvalue weighted by Gasteiger charge is -2.42. The molecule has 1 aliphatic rings. The van der Waals surface area contributed by atoms with E-state index in [9.17, 15) is 41.8 Å². The zero-order chi connectivity index (χ0) is 72.3. The Kier molecular flexibility index (Phi) is 26.6. The Morgan fingerprint density at radius 3 is 2.27 bits per heavy atom. The van der Waals surface area contributed by atoms with Crippen LogP contribution in [0.3, 0.4) is 0 Å². The molecule has 0 saturated carbocycles. The van der Waals surface area contributed by atoms with E-state index in [1.165, 1.54) is 29.8 Å². The van der Waals surface area contributed by atoms with Crippen molar-refractivity contribution >= 4 is 68.6 Å². The maximum Gasteiger partial charge on any atom is 0.430 e. The van der Waals surface area contributed by atoms with Crippen molar-refractivity contribution in [3.63, 3.8) is 0 Å². The van der Waals surface area contributed by atoms with Crippen molar-refractivity contribution in [1.82, 2.24) is 35.5 Å². The zero-order valence-corrected chi connectivity index (χ0v) is 57.0. The fourth-order valence-corrected chi connectivity index (χ4v) is 12.3. The minimum Gasteiger partial charge on any atom is -0.542 e. The highest BCUT2D eigenvalue weighted by molar-refractivity contribution is 7.22. The summed E-state index contributed by atoms with van der Waals surface area (Å²) < 4.78 is 77.3. The number of alkyl halides is 3. The number of hydrogen-bond donors (Lipinski definition) is 6. The molecule has 100 heavy (non-hydrogen) atoms. The molecule has 8 aromatic rings. The average Bonchev–Trinajstić information content (AvgIpc) is 1.57. The number of fused-ring (bicyclic) bond motifs is 1. The number of anilines is 1. The van der Waals surface area contributed by atoms with Crippen molar-refractivity contribution in [2.24, 2.45) is 17.4 Å². The minimum absolute atomic E-state index is 0.0303. The number of likely N-dealkylation sites (N-methyl/N-ethyl adjacent to an activating group) is 1. The van der Waals surface area contributed by atoms with Crippen LogP contribution in [-0.4, -0.2) is 155 Å². The number of methoxy groups -OCH3 is 1. The molecule has 0 aliphatic carbocycles. The molecule has 0 unspecified atom stereocenters. The molecule has 5 aromatic carbocycles. The molecule has 29 heteroatoms. The molecule has 9 rings (SSSR count). The predicted octanol–water partition coefficient (Wildman–Crippen LogP) is 8.89. The van der Waals surface area contributed by atoms with Gasteiger partial charge in [-0.3, -0.25) is 14.5 Å². The Morgan fingerprint density at radius 2 is 1.59 bits per heavy atom. The highest BCUT2D eigenvalue weighted by Gasteiger charge is 2.33. The number of carbonyl (C=O) groups excluding carboxylic acids is 4. The van der Waals surface area contributed by atoms with Gasteiger partial charge in [0.05, 0.1) is 61.6 Å². The Labute approximate surface area is 583 Å². The van der Waals surface area contributed by atoms with Crippen LogP contribution in [0.2, 0.25) is 5.02 Å². The number of rotatable bonds is 30. The molecule has 0 spiro atoms. The number of nitrogens with one attached hydrogen (secondary N) is 3. The average molecular weight is 1420 g/mol. The van der Waals surface area contributed by atoms with E-state index in [1.54, 1.807) is 55.8 Å². The van der Waals surface area contributed by atoms with Crippen LogP contribution in [-0.2, 0) is 50.1 Å². The fraction of sp³-hybridized carbons (Fsp3) is 0.338. The number of para-hydroxylation sites is 2. The normalized spacial score (nSPS) is 13.8.